The van der Waals surface area contributed by atoms with Gasteiger partial charge < -0.3 is 10.4 Å². The average Bonchev–Trinajstić information content (AvgIpc) is 1.76. The fraction of sp³-hybridized carbons (Fsp3) is 0.909. The maximum absolute atomic E-state index is 10.9. The van der Waals surface area contributed by atoms with Crippen molar-refractivity contribution >= 4 is 5.97 Å². The number of carboxylic acids is 1. The van der Waals surface area contributed by atoms with Gasteiger partial charge in [0.1, 0.15) is 0 Å². The lowest BCUT2D eigenvalue weighted by Crippen LogP contribution is -2.76. The van der Waals surface area contributed by atoms with Gasteiger partial charge in [-0.3, -0.25) is 4.79 Å². The highest BCUT2D eigenvalue weighted by Gasteiger charge is 2.71. The van der Waals surface area contributed by atoms with E-state index < -0.39 is 5.97 Å². The number of carboxylic acid groups (broad SMARTS) is 1. The van der Waals surface area contributed by atoms with Crippen LogP contribution < -0.4 is 5.32 Å². The first-order valence-corrected chi connectivity index (χ1v) is 5.26. The Labute approximate surface area is 84.9 Å². The fourth-order valence-electron chi connectivity index (χ4n) is 2.65. The normalized spacial score (nSPS) is 39.9. The molecule has 0 aliphatic heterocycles. The summed E-state index contributed by atoms with van der Waals surface area (Å²) in [5.74, 6) is -0.600. The number of hydrogen-bond acceptors (Lipinski definition) is 2. The summed E-state index contributed by atoms with van der Waals surface area (Å²) in [6.45, 7) is 7.55. The maximum Gasteiger partial charge on any atom is 0.309 e. The molecule has 3 nitrogen and oxygen atoms in total. The molecule has 3 fully saturated rings. The van der Waals surface area contributed by atoms with Gasteiger partial charge in [0.2, 0.25) is 0 Å². The third kappa shape index (κ3) is 1.34. The van der Waals surface area contributed by atoms with Crippen molar-refractivity contribution in [3.8, 4) is 0 Å². The molecule has 0 aromatic rings. The van der Waals surface area contributed by atoms with Crippen LogP contribution in [0, 0.1) is 10.8 Å². The predicted octanol–water partition coefficient (Wildman–Crippen LogP) is 1.63. The van der Waals surface area contributed by atoms with E-state index in [1.165, 1.54) is 0 Å². The molecule has 3 saturated carbocycles. The Morgan fingerprint density at radius 1 is 1.36 bits per heavy atom. The molecule has 3 aliphatic rings. The summed E-state index contributed by atoms with van der Waals surface area (Å²) in [4.78, 5) is 10.9. The second-order valence-corrected chi connectivity index (χ2v) is 6.31. The SMILES string of the molecule is CC(C)(C)CNC12CC(C(=O)O)(C1)C2. The number of hydrogen-bond donors (Lipinski definition) is 2. The van der Waals surface area contributed by atoms with Crippen molar-refractivity contribution in [2.45, 2.75) is 45.6 Å². The second-order valence-electron chi connectivity index (χ2n) is 6.31. The zero-order valence-corrected chi connectivity index (χ0v) is 9.18. The van der Waals surface area contributed by atoms with Crippen LogP contribution in [0.25, 0.3) is 0 Å². The van der Waals surface area contributed by atoms with E-state index in [1.54, 1.807) is 0 Å². The van der Waals surface area contributed by atoms with Gasteiger partial charge in [-0.2, -0.15) is 0 Å². The summed E-state index contributed by atoms with van der Waals surface area (Å²) in [7, 11) is 0. The number of aliphatic carboxylic acids is 1. The first-order chi connectivity index (χ1) is 6.27. The van der Waals surface area contributed by atoms with Crippen LogP contribution in [0.3, 0.4) is 0 Å². The lowest BCUT2D eigenvalue weighted by atomic mass is 9.39. The summed E-state index contributed by atoms with van der Waals surface area (Å²) in [6, 6.07) is 0. The molecule has 0 radical (unpaired) electrons. The molecule has 14 heavy (non-hydrogen) atoms. The molecule has 80 valence electrons. The van der Waals surface area contributed by atoms with E-state index in [0.29, 0.717) is 0 Å². The van der Waals surface area contributed by atoms with Crippen LogP contribution in [-0.4, -0.2) is 23.2 Å². The Kier molecular flexibility index (Phi) is 1.79. The van der Waals surface area contributed by atoms with Gasteiger partial charge in [0.25, 0.3) is 0 Å². The molecule has 2 N–H and O–H groups in total. The summed E-state index contributed by atoms with van der Waals surface area (Å²) in [5, 5.41) is 12.5. The Hall–Kier alpha value is -0.570. The first kappa shape index (κ1) is 9.97. The van der Waals surface area contributed by atoms with Crippen LogP contribution in [-0.2, 0) is 4.79 Å². The molecular weight excluding hydrogens is 178 g/mol. The Bertz CT molecular complexity index is 258. The molecule has 0 spiro atoms. The molecule has 3 heteroatoms. The van der Waals surface area contributed by atoms with Crippen molar-refractivity contribution in [1.82, 2.24) is 5.32 Å². The fourth-order valence-corrected chi connectivity index (χ4v) is 2.65. The smallest absolute Gasteiger partial charge is 0.309 e. The molecule has 3 aliphatic carbocycles. The molecule has 0 aromatic heterocycles. The van der Waals surface area contributed by atoms with Gasteiger partial charge in [-0.15, -0.1) is 0 Å². The summed E-state index contributed by atoms with van der Waals surface area (Å²) in [6.07, 6.45) is 2.52. The van der Waals surface area contributed by atoms with E-state index >= 15 is 0 Å². The molecule has 0 amide bonds. The molecule has 2 bridgehead atoms. The second kappa shape index (κ2) is 2.51. The summed E-state index contributed by atoms with van der Waals surface area (Å²) < 4.78 is 0. The van der Waals surface area contributed by atoms with Crippen molar-refractivity contribution < 1.29 is 9.90 Å². The summed E-state index contributed by atoms with van der Waals surface area (Å²) >= 11 is 0. The van der Waals surface area contributed by atoms with Gasteiger partial charge in [0.05, 0.1) is 5.41 Å². The van der Waals surface area contributed by atoms with Crippen LogP contribution in [0.15, 0.2) is 0 Å². The van der Waals surface area contributed by atoms with E-state index in [9.17, 15) is 4.79 Å². The first-order valence-electron chi connectivity index (χ1n) is 5.26. The van der Waals surface area contributed by atoms with Crippen molar-refractivity contribution in [2.24, 2.45) is 10.8 Å². The van der Waals surface area contributed by atoms with E-state index in [1.807, 2.05) is 0 Å². The van der Waals surface area contributed by atoms with Gasteiger partial charge in [-0.1, -0.05) is 20.8 Å². The van der Waals surface area contributed by atoms with Crippen molar-refractivity contribution in [3.05, 3.63) is 0 Å². The van der Waals surface area contributed by atoms with Gasteiger partial charge in [-0.25, -0.2) is 0 Å². The quantitative estimate of drug-likeness (QED) is 0.723. The topological polar surface area (TPSA) is 49.3 Å². The van der Waals surface area contributed by atoms with E-state index in [0.717, 1.165) is 25.8 Å². The van der Waals surface area contributed by atoms with Gasteiger partial charge in [-0.05, 0) is 24.7 Å². The molecular formula is C11H19NO2. The van der Waals surface area contributed by atoms with E-state index in [4.69, 9.17) is 5.11 Å². The third-order valence-electron chi connectivity index (χ3n) is 3.48. The minimum Gasteiger partial charge on any atom is -0.481 e. The highest BCUT2D eigenvalue weighted by Crippen LogP contribution is 2.67. The van der Waals surface area contributed by atoms with Crippen LogP contribution in [0.2, 0.25) is 0 Å². The predicted molar refractivity (Wildman–Crippen MR) is 54.1 cm³/mol. The number of nitrogens with one attached hydrogen (secondary N) is 1. The minimum atomic E-state index is -0.600. The monoisotopic (exact) mass is 197 g/mol. The number of rotatable bonds is 3. The third-order valence-corrected chi connectivity index (χ3v) is 3.48. The molecule has 0 heterocycles. The number of carbonyl (C=O) groups is 1. The van der Waals surface area contributed by atoms with Gasteiger partial charge in [0.15, 0.2) is 0 Å². The molecule has 0 atom stereocenters. The average molecular weight is 197 g/mol. The van der Waals surface area contributed by atoms with Crippen molar-refractivity contribution in [3.63, 3.8) is 0 Å². The Morgan fingerprint density at radius 2 is 1.86 bits per heavy atom. The van der Waals surface area contributed by atoms with Crippen LogP contribution in [0.4, 0.5) is 0 Å². The lowest BCUT2D eigenvalue weighted by molar-refractivity contribution is -0.199. The molecule has 0 unspecified atom stereocenters. The van der Waals surface area contributed by atoms with E-state index in [-0.39, 0.29) is 16.4 Å². The van der Waals surface area contributed by atoms with Crippen molar-refractivity contribution in [1.29, 1.82) is 0 Å². The largest absolute Gasteiger partial charge is 0.481 e. The minimum absolute atomic E-state index is 0.186. The zero-order chi connectivity index (χ0) is 10.6. The van der Waals surface area contributed by atoms with Crippen LogP contribution >= 0.6 is 0 Å². The molecule has 3 rings (SSSR count). The Morgan fingerprint density at radius 3 is 2.21 bits per heavy atom. The van der Waals surface area contributed by atoms with Crippen LogP contribution in [0.1, 0.15) is 40.0 Å². The highest BCUT2D eigenvalue weighted by molar-refractivity contribution is 5.80. The highest BCUT2D eigenvalue weighted by atomic mass is 16.4. The summed E-state index contributed by atoms with van der Waals surface area (Å²) in [5.41, 5.74) is 0.127. The van der Waals surface area contributed by atoms with Crippen molar-refractivity contribution in [2.75, 3.05) is 6.54 Å². The Balaban J connectivity index is 1.81. The van der Waals surface area contributed by atoms with Gasteiger partial charge >= 0.3 is 5.97 Å². The lowest BCUT2D eigenvalue weighted by Gasteiger charge is -2.68. The van der Waals surface area contributed by atoms with Crippen LogP contribution in [0.5, 0.6) is 0 Å². The molecule has 0 saturated heterocycles. The van der Waals surface area contributed by atoms with E-state index in [2.05, 4.69) is 26.1 Å². The van der Waals surface area contributed by atoms with Gasteiger partial charge in [0, 0.05) is 12.1 Å². The maximum atomic E-state index is 10.9. The standard InChI is InChI=1S/C11H19NO2/c1-9(2,3)7-12-11-4-10(5-11,6-11)8(13)14/h12H,4-7H2,1-3H3,(H,13,14). The molecule has 0 aromatic carbocycles. The zero-order valence-electron chi connectivity index (χ0n) is 9.18.